The van der Waals surface area contributed by atoms with E-state index in [0.717, 1.165) is 25.7 Å². The van der Waals surface area contributed by atoms with Crippen LogP contribution in [0.15, 0.2) is 18.2 Å². The lowest BCUT2D eigenvalue weighted by Gasteiger charge is -2.26. The standard InChI is InChI=1S/C18H26N6O4S/c1-12-4-6-14(7-5-12)21-29(26,27)11-18(25)19-15-8-9-17(28-3)16(10-15)24-13(2)20-22-23-24/h8-10,12,14,21H,4-7,11H2,1-3H3,(H,19,25). The number of hydrogen-bond donors (Lipinski definition) is 2. The molecular formula is C18H26N6O4S. The van der Waals surface area contributed by atoms with Crippen molar-refractivity contribution in [2.75, 3.05) is 18.2 Å². The fraction of sp³-hybridized carbons (Fsp3) is 0.556. The monoisotopic (exact) mass is 422 g/mol. The Balaban J connectivity index is 1.66. The second kappa shape index (κ2) is 8.87. The molecular weight excluding hydrogens is 396 g/mol. The van der Waals surface area contributed by atoms with Gasteiger partial charge in [-0.1, -0.05) is 6.92 Å². The Kier molecular flexibility index (Phi) is 6.48. The number of tetrazole rings is 1. The van der Waals surface area contributed by atoms with Crippen molar-refractivity contribution < 1.29 is 17.9 Å². The van der Waals surface area contributed by atoms with Gasteiger partial charge in [0.05, 0.1) is 7.11 Å². The second-order valence-electron chi connectivity index (χ2n) is 7.41. The summed E-state index contributed by atoms with van der Waals surface area (Å²) in [5.74, 6) is 0.419. The van der Waals surface area contributed by atoms with Crippen LogP contribution in [-0.2, 0) is 14.8 Å². The summed E-state index contributed by atoms with van der Waals surface area (Å²) in [5.41, 5.74) is 0.951. The van der Waals surface area contributed by atoms with E-state index in [1.165, 1.54) is 11.8 Å². The minimum atomic E-state index is -3.72. The summed E-state index contributed by atoms with van der Waals surface area (Å²) >= 11 is 0. The number of carbonyl (C=O) groups is 1. The molecule has 0 spiro atoms. The quantitative estimate of drug-likeness (QED) is 0.690. The predicted octanol–water partition coefficient (Wildman–Crippen LogP) is 1.42. The molecule has 1 amide bonds. The zero-order valence-electron chi connectivity index (χ0n) is 16.8. The molecule has 1 saturated carbocycles. The largest absolute Gasteiger partial charge is 0.494 e. The van der Waals surface area contributed by atoms with Gasteiger partial charge in [0.25, 0.3) is 0 Å². The summed E-state index contributed by atoms with van der Waals surface area (Å²) in [7, 11) is -2.20. The van der Waals surface area contributed by atoms with E-state index in [2.05, 4.69) is 32.5 Å². The molecule has 0 bridgehead atoms. The fourth-order valence-electron chi connectivity index (χ4n) is 3.43. The number of hydrogen-bond acceptors (Lipinski definition) is 7. The topological polar surface area (TPSA) is 128 Å². The summed E-state index contributed by atoms with van der Waals surface area (Å²) in [6.45, 7) is 3.90. The highest BCUT2D eigenvalue weighted by molar-refractivity contribution is 7.90. The molecule has 1 heterocycles. The average molecular weight is 423 g/mol. The lowest BCUT2D eigenvalue weighted by atomic mass is 9.88. The number of aromatic nitrogens is 4. The Morgan fingerprint density at radius 3 is 2.62 bits per heavy atom. The minimum absolute atomic E-state index is 0.0978. The number of sulfonamides is 1. The SMILES string of the molecule is COc1ccc(NC(=O)CS(=O)(=O)NC2CCC(C)CC2)cc1-n1nnnc1C. The van der Waals surface area contributed by atoms with E-state index in [-0.39, 0.29) is 6.04 Å². The molecule has 0 unspecified atom stereocenters. The molecule has 0 saturated heterocycles. The predicted molar refractivity (Wildman–Crippen MR) is 107 cm³/mol. The summed E-state index contributed by atoms with van der Waals surface area (Å²) in [6.07, 6.45) is 3.58. The van der Waals surface area contributed by atoms with Crippen molar-refractivity contribution in [1.82, 2.24) is 24.9 Å². The third-order valence-electron chi connectivity index (χ3n) is 5.00. The summed E-state index contributed by atoms with van der Waals surface area (Å²) in [4.78, 5) is 12.3. The van der Waals surface area contributed by atoms with Gasteiger partial charge in [0.2, 0.25) is 15.9 Å². The molecule has 1 aliphatic carbocycles. The van der Waals surface area contributed by atoms with Crippen molar-refractivity contribution in [3.63, 3.8) is 0 Å². The van der Waals surface area contributed by atoms with E-state index in [1.54, 1.807) is 25.1 Å². The minimum Gasteiger partial charge on any atom is -0.494 e. The smallest absolute Gasteiger partial charge is 0.240 e. The molecule has 11 heteroatoms. The van der Waals surface area contributed by atoms with Crippen molar-refractivity contribution in [1.29, 1.82) is 0 Å². The van der Waals surface area contributed by atoms with Gasteiger partial charge in [-0.15, -0.1) is 5.10 Å². The maximum Gasteiger partial charge on any atom is 0.240 e. The number of nitrogens with one attached hydrogen (secondary N) is 2. The van der Waals surface area contributed by atoms with Crippen molar-refractivity contribution in [3.05, 3.63) is 24.0 Å². The van der Waals surface area contributed by atoms with E-state index in [0.29, 0.717) is 28.9 Å². The van der Waals surface area contributed by atoms with Gasteiger partial charge in [-0.05, 0) is 67.2 Å². The Morgan fingerprint density at radius 2 is 2.00 bits per heavy atom. The Morgan fingerprint density at radius 1 is 1.28 bits per heavy atom. The molecule has 1 aliphatic rings. The highest BCUT2D eigenvalue weighted by Crippen LogP contribution is 2.26. The van der Waals surface area contributed by atoms with Crippen molar-refractivity contribution >= 4 is 21.6 Å². The van der Waals surface area contributed by atoms with E-state index in [1.807, 2.05) is 0 Å². The van der Waals surface area contributed by atoms with E-state index in [4.69, 9.17) is 4.74 Å². The van der Waals surface area contributed by atoms with Crippen LogP contribution in [0, 0.1) is 12.8 Å². The molecule has 0 radical (unpaired) electrons. The maximum atomic E-state index is 12.4. The van der Waals surface area contributed by atoms with Crippen molar-refractivity contribution in [2.45, 2.75) is 45.6 Å². The molecule has 0 aliphatic heterocycles. The molecule has 0 atom stereocenters. The number of anilines is 1. The zero-order valence-corrected chi connectivity index (χ0v) is 17.6. The normalized spacial score (nSPS) is 19.7. The van der Waals surface area contributed by atoms with Crippen LogP contribution in [0.1, 0.15) is 38.4 Å². The molecule has 3 rings (SSSR count). The first-order valence-corrected chi connectivity index (χ1v) is 11.2. The number of rotatable bonds is 7. The highest BCUT2D eigenvalue weighted by Gasteiger charge is 2.25. The molecule has 2 N–H and O–H groups in total. The van der Waals surface area contributed by atoms with E-state index in [9.17, 15) is 13.2 Å². The first kappa shape index (κ1) is 21.2. The highest BCUT2D eigenvalue weighted by atomic mass is 32.2. The Bertz CT molecular complexity index is 966. The van der Waals surface area contributed by atoms with Gasteiger partial charge >= 0.3 is 0 Å². The number of nitrogens with zero attached hydrogens (tertiary/aromatic N) is 4. The van der Waals surface area contributed by atoms with Gasteiger partial charge in [0.1, 0.15) is 17.2 Å². The van der Waals surface area contributed by atoms with Crippen LogP contribution < -0.4 is 14.8 Å². The van der Waals surface area contributed by atoms with Crippen LogP contribution in [0.2, 0.25) is 0 Å². The maximum absolute atomic E-state index is 12.4. The molecule has 1 aromatic carbocycles. The zero-order chi connectivity index (χ0) is 21.0. The number of ether oxygens (including phenoxy) is 1. The summed E-state index contributed by atoms with van der Waals surface area (Å²) in [5, 5.41) is 14.0. The first-order chi connectivity index (χ1) is 13.8. The van der Waals surface area contributed by atoms with Crippen molar-refractivity contribution in [2.24, 2.45) is 5.92 Å². The first-order valence-electron chi connectivity index (χ1n) is 9.50. The van der Waals surface area contributed by atoms with E-state index < -0.39 is 21.7 Å². The number of carbonyl (C=O) groups excluding carboxylic acids is 1. The molecule has 1 aromatic heterocycles. The number of aryl methyl sites for hydroxylation is 1. The third kappa shape index (κ3) is 5.51. The number of benzene rings is 1. The van der Waals surface area contributed by atoms with Gasteiger partial charge in [0, 0.05) is 11.7 Å². The van der Waals surface area contributed by atoms with Gasteiger partial charge in [-0.3, -0.25) is 4.79 Å². The molecule has 29 heavy (non-hydrogen) atoms. The van der Waals surface area contributed by atoms with Crippen LogP contribution in [0.4, 0.5) is 5.69 Å². The van der Waals surface area contributed by atoms with Gasteiger partial charge in [-0.2, -0.15) is 4.68 Å². The molecule has 1 fully saturated rings. The van der Waals surface area contributed by atoms with Crippen molar-refractivity contribution in [3.8, 4) is 11.4 Å². The van der Waals surface area contributed by atoms with Crippen LogP contribution in [0.25, 0.3) is 5.69 Å². The lowest BCUT2D eigenvalue weighted by molar-refractivity contribution is -0.113. The van der Waals surface area contributed by atoms with Gasteiger partial charge in [-0.25, -0.2) is 13.1 Å². The van der Waals surface area contributed by atoms with Crippen LogP contribution >= 0.6 is 0 Å². The summed E-state index contributed by atoms with van der Waals surface area (Å²) in [6, 6.07) is 4.81. The average Bonchev–Trinajstić information content (AvgIpc) is 3.08. The molecule has 10 nitrogen and oxygen atoms in total. The molecule has 158 valence electrons. The van der Waals surface area contributed by atoms with Crippen LogP contribution in [-0.4, -0.2) is 53.4 Å². The fourth-order valence-corrected chi connectivity index (χ4v) is 4.67. The van der Waals surface area contributed by atoms with Gasteiger partial charge in [0.15, 0.2) is 5.82 Å². The Hall–Kier alpha value is -2.53. The third-order valence-corrected chi connectivity index (χ3v) is 6.33. The van der Waals surface area contributed by atoms with Gasteiger partial charge < -0.3 is 10.1 Å². The second-order valence-corrected chi connectivity index (χ2v) is 9.16. The van der Waals surface area contributed by atoms with Crippen LogP contribution in [0.3, 0.4) is 0 Å². The van der Waals surface area contributed by atoms with Crippen LogP contribution in [0.5, 0.6) is 5.75 Å². The lowest BCUT2D eigenvalue weighted by Crippen LogP contribution is -2.41. The Labute approximate surface area is 170 Å². The van der Waals surface area contributed by atoms with E-state index >= 15 is 0 Å². The summed E-state index contributed by atoms with van der Waals surface area (Å²) < 4.78 is 34.2. The number of methoxy groups -OCH3 is 1. The number of amides is 1. The molecule has 2 aromatic rings.